The van der Waals surface area contributed by atoms with Crippen LogP contribution in [0, 0.1) is 0 Å². The second-order valence-corrected chi connectivity index (χ2v) is 7.06. The third-order valence-corrected chi connectivity index (χ3v) is 4.83. The van der Waals surface area contributed by atoms with Crippen LogP contribution in [0.15, 0.2) is 4.99 Å². The molecule has 2 N–H and O–H groups in total. The third-order valence-electron chi connectivity index (χ3n) is 4.83. The molecular weight excluding hydrogens is 445 g/mol. The van der Waals surface area contributed by atoms with Crippen LogP contribution in [0.1, 0.15) is 39.0 Å². The van der Waals surface area contributed by atoms with E-state index >= 15 is 0 Å². The number of carbonyl (C=O) groups excluding carboxylic acids is 1. The van der Waals surface area contributed by atoms with Gasteiger partial charge in [0, 0.05) is 40.3 Å². The van der Waals surface area contributed by atoms with Gasteiger partial charge in [-0.2, -0.15) is 0 Å². The van der Waals surface area contributed by atoms with E-state index in [1.54, 1.807) is 4.90 Å². The second-order valence-electron chi connectivity index (χ2n) is 7.06. The van der Waals surface area contributed by atoms with Crippen molar-refractivity contribution in [1.29, 1.82) is 0 Å². The first-order chi connectivity index (χ1) is 12.1. The summed E-state index contributed by atoms with van der Waals surface area (Å²) >= 11 is 0. The van der Waals surface area contributed by atoms with Crippen LogP contribution >= 0.6 is 24.0 Å². The highest BCUT2D eigenvalue weighted by Crippen LogP contribution is 2.18. The molecule has 0 aromatic rings. The van der Waals surface area contributed by atoms with Gasteiger partial charge in [-0.15, -0.1) is 24.0 Å². The zero-order valence-corrected chi connectivity index (χ0v) is 18.8. The molecule has 0 aliphatic carbocycles. The molecule has 2 aliphatic heterocycles. The number of hydrogen-bond donors (Lipinski definition) is 2. The summed E-state index contributed by atoms with van der Waals surface area (Å²) < 4.78 is 5.62. The van der Waals surface area contributed by atoms with Crippen molar-refractivity contribution in [2.75, 3.05) is 53.4 Å². The van der Waals surface area contributed by atoms with Crippen molar-refractivity contribution in [3.63, 3.8) is 0 Å². The van der Waals surface area contributed by atoms with Gasteiger partial charge < -0.3 is 20.3 Å². The number of carbonyl (C=O) groups is 1. The molecule has 7 nitrogen and oxygen atoms in total. The minimum Gasteiger partial charge on any atom is -0.376 e. The van der Waals surface area contributed by atoms with E-state index in [9.17, 15) is 4.79 Å². The summed E-state index contributed by atoms with van der Waals surface area (Å²) in [7, 11) is 3.68. The molecule has 2 saturated heterocycles. The standard InChI is InChI=1S/C18H35N5O2.HI/c1-4-19-18(21-14-15-8-6-13-25-15)20-10-7-12-23-11-5-9-16(23)17(24)22(2)3;/h15-16H,4-14H2,1-3H3,(H2,19,20,21);1H. The van der Waals surface area contributed by atoms with Gasteiger partial charge in [0.15, 0.2) is 5.96 Å². The molecule has 8 heteroatoms. The van der Waals surface area contributed by atoms with Crippen LogP contribution in [0.2, 0.25) is 0 Å². The topological polar surface area (TPSA) is 69.2 Å². The molecule has 2 heterocycles. The summed E-state index contributed by atoms with van der Waals surface area (Å²) in [6.45, 7) is 7.35. The Hall–Kier alpha value is -0.610. The van der Waals surface area contributed by atoms with E-state index in [2.05, 4.69) is 27.4 Å². The number of likely N-dealkylation sites (tertiary alicyclic amines) is 1. The lowest BCUT2D eigenvalue weighted by atomic mass is 10.2. The van der Waals surface area contributed by atoms with Crippen LogP contribution in [0.25, 0.3) is 0 Å². The van der Waals surface area contributed by atoms with E-state index in [1.807, 2.05) is 14.1 Å². The van der Waals surface area contributed by atoms with Crippen molar-refractivity contribution < 1.29 is 9.53 Å². The number of nitrogens with one attached hydrogen (secondary N) is 2. The largest absolute Gasteiger partial charge is 0.376 e. The fourth-order valence-corrected chi connectivity index (χ4v) is 3.48. The minimum atomic E-state index is 0. The van der Waals surface area contributed by atoms with Crippen LogP contribution in [0.3, 0.4) is 0 Å². The van der Waals surface area contributed by atoms with Gasteiger partial charge in [-0.05, 0) is 45.6 Å². The van der Waals surface area contributed by atoms with Gasteiger partial charge >= 0.3 is 0 Å². The Kier molecular flexibility index (Phi) is 11.5. The summed E-state index contributed by atoms with van der Waals surface area (Å²) in [4.78, 5) is 20.9. The van der Waals surface area contributed by atoms with E-state index in [-0.39, 0.29) is 42.0 Å². The van der Waals surface area contributed by atoms with E-state index < -0.39 is 0 Å². The van der Waals surface area contributed by atoms with E-state index in [4.69, 9.17) is 4.74 Å². The van der Waals surface area contributed by atoms with Gasteiger partial charge in [0.2, 0.25) is 5.91 Å². The first kappa shape index (κ1) is 23.4. The van der Waals surface area contributed by atoms with Gasteiger partial charge in [0.05, 0.1) is 18.7 Å². The number of aliphatic imine (C=N–C) groups is 1. The molecule has 0 bridgehead atoms. The van der Waals surface area contributed by atoms with Crippen LogP contribution < -0.4 is 10.6 Å². The summed E-state index contributed by atoms with van der Waals surface area (Å²) in [6, 6.07) is 0.0661. The molecule has 2 rings (SSSR count). The third kappa shape index (κ3) is 7.56. The molecule has 0 aromatic carbocycles. The normalized spacial score (nSPS) is 23.6. The number of halogens is 1. The van der Waals surface area contributed by atoms with Gasteiger partial charge in [-0.3, -0.25) is 14.7 Å². The minimum absolute atomic E-state index is 0. The maximum Gasteiger partial charge on any atom is 0.239 e. The molecule has 0 saturated carbocycles. The average molecular weight is 481 g/mol. The molecular formula is C18H36IN5O2. The van der Waals surface area contributed by atoms with E-state index in [0.29, 0.717) is 0 Å². The highest BCUT2D eigenvalue weighted by molar-refractivity contribution is 14.0. The lowest BCUT2D eigenvalue weighted by molar-refractivity contribution is -0.133. The summed E-state index contributed by atoms with van der Waals surface area (Å²) in [5.74, 6) is 1.09. The maximum absolute atomic E-state index is 12.2. The molecule has 26 heavy (non-hydrogen) atoms. The van der Waals surface area contributed by atoms with Gasteiger partial charge in [0.25, 0.3) is 0 Å². The smallest absolute Gasteiger partial charge is 0.239 e. The maximum atomic E-state index is 12.2. The number of guanidine groups is 1. The Bertz CT molecular complexity index is 441. The number of nitrogens with zero attached hydrogens (tertiary/aromatic N) is 3. The lowest BCUT2D eigenvalue weighted by Gasteiger charge is -2.26. The van der Waals surface area contributed by atoms with Crippen molar-refractivity contribution in [2.45, 2.75) is 51.2 Å². The molecule has 2 unspecified atom stereocenters. The summed E-state index contributed by atoms with van der Waals surface area (Å²) in [5, 5.41) is 6.68. The molecule has 2 aliphatic rings. The number of likely N-dealkylation sites (N-methyl/N-ethyl adjacent to an activating group) is 1. The second kappa shape index (κ2) is 12.7. The van der Waals surface area contributed by atoms with Crippen LogP contribution in [0.5, 0.6) is 0 Å². The molecule has 0 radical (unpaired) electrons. The molecule has 2 atom stereocenters. The van der Waals surface area contributed by atoms with Crippen molar-refractivity contribution >= 4 is 35.8 Å². The molecule has 152 valence electrons. The first-order valence-corrected chi connectivity index (χ1v) is 9.70. The Morgan fingerprint density at radius 1 is 1.27 bits per heavy atom. The Morgan fingerprint density at radius 2 is 2.08 bits per heavy atom. The van der Waals surface area contributed by atoms with Crippen LogP contribution in [0.4, 0.5) is 0 Å². The monoisotopic (exact) mass is 481 g/mol. The number of ether oxygens (including phenoxy) is 1. The predicted octanol–water partition coefficient (Wildman–Crippen LogP) is 1.28. The molecule has 1 amide bonds. The van der Waals surface area contributed by atoms with Crippen molar-refractivity contribution in [1.82, 2.24) is 20.4 Å². The number of amides is 1. The van der Waals surface area contributed by atoms with Crippen molar-refractivity contribution in [2.24, 2.45) is 4.99 Å². The number of rotatable bonds is 8. The van der Waals surface area contributed by atoms with Crippen LogP contribution in [-0.2, 0) is 9.53 Å². The lowest BCUT2D eigenvalue weighted by Crippen LogP contribution is -2.44. The fraction of sp³-hybridized carbons (Fsp3) is 0.889. The van der Waals surface area contributed by atoms with Gasteiger partial charge in [0.1, 0.15) is 0 Å². The average Bonchev–Trinajstić information content (AvgIpc) is 3.27. The predicted molar refractivity (Wildman–Crippen MR) is 116 cm³/mol. The molecule has 0 spiro atoms. The summed E-state index contributed by atoms with van der Waals surface area (Å²) in [6.07, 6.45) is 5.63. The highest BCUT2D eigenvalue weighted by Gasteiger charge is 2.30. The van der Waals surface area contributed by atoms with E-state index in [1.165, 1.54) is 0 Å². The highest BCUT2D eigenvalue weighted by atomic mass is 127. The zero-order chi connectivity index (χ0) is 18.1. The fourth-order valence-electron chi connectivity index (χ4n) is 3.48. The van der Waals surface area contributed by atoms with Crippen molar-refractivity contribution in [3.8, 4) is 0 Å². The zero-order valence-electron chi connectivity index (χ0n) is 16.5. The first-order valence-electron chi connectivity index (χ1n) is 9.70. The number of hydrogen-bond acceptors (Lipinski definition) is 4. The Labute approximate surface area is 175 Å². The SMILES string of the molecule is CCNC(=NCC1CCCO1)NCCCN1CCCC1C(=O)N(C)C.I. The summed E-state index contributed by atoms with van der Waals surface area (Å²) in [5.41, 5.74) is 0. The van der Waals surface area contributed by atoms with Gasteiger partial charge in [-0.1, -0.05) is 0 Å². The quantitative estimate of drug-likeness (QED) is 0.237. The Balaban J connectivity index is 0.00000338. The Morgan fingerprint density at radius 3 is 2.73 bits per heavy atom. The van der Waals surface area contributed by atoms with Crippen LogP contribution in [-0.4, -0.2) is 87.2 Å². The van der Waals surface area contributed by atoms with E-state index in [0.717, 1.165) is 77.4 Å². The van der Waals surface area contributed by atoms with Gasteiger partial charge in [-0.25, -0.2) is 0 Å². The molecule has 2 fully saturated rings. The van der Waals surface area contributed by atoms with Crippen molar-refractivity contribution in [3.05, 3.63) is 0 Å². The molecule has 0 aromatic heterocycles.